The van der Waals surface area contributed by atoms with Crippen LogP contribution in [0.1, 0.15) is 24.8 Å². The van der Waals surface area contributed by atoms with E-state index in [1.165, 1.54) is 54.4 Å². The molecule has 0 aliphatic carbocycles. The van der Waals surface area contributed by atoms with Gasteiger partial charge in [-0.2, -0.15) is 0 Å². The zero-order valence-corrected chi connectivity index (χ0v) is 18.0. The van der Waals surface area contributed by atoms with Gasteiger partial charge in [-0.15, -0.1) is 0 Å². The first-order valence-electron chi connectivity index (χ1n) is 10.5. The van der Waals surface area contributed by atoms with E-state index in [4.69, 9.17) is 14.9 Å². The highest BCUT2D eigenvalue weighted by molar-refractivity contribution is 5.89. The minimum absolute atomic E-state index is 0.558. The van der Waals surface area contributed by atoms with E-state index in [0.717, 1.165) is 12.1 Å². The fourth-order valence-corrected chi connectivity index (χ4v) is 4.41. The van der Waals surface area contributed by atoms with E-state index in [-0.39, 0.29) is 0 Å². The van der Waals surface area contributed by atoms with E-state index in [0.29, 0.717) is 18.8 Å². The van der Waals surface area contributed by atoms with Gasteiger partial charge in [0.2, 0.25) is 0 Å². The van der Waals surface area contributed by atoms with E-state index >= 15 is 0 Å². The van der Waals surface area contributed by atoms with Gasteiger partial charge in [0.15, 0.2) is 0 Å². The summed E-state index contributed by atoms with van der Waals surface area (Å²) in [6.45, 7) is 3.01. The van der Waals surface area contributed by atoms with Crippen LogP contribution in [-0.4, -0.2) is 66.4 Å². The maximum Gasteiger partial charge on any atom is 0.328 e. The summed E-state index contributed by atoms with van der Waals surface area (Å²) in [6.07, 6.45) is 5.20. The molecule has 2 aromatic carbocycles. The van der Waals surface area contributed by atoms with Crippen LogP contribution in [0.2, 0.25) is 0 Å². The van der Waals surface area contributed by atoms with Gasteiger partial charge in [-0.25, -0.2) is 9.59 Å². The molecule has 0 saturated carbocycles. The monoisotopic (exact) mass is 426 g/mol. The van der Waals surface area contributed by atoms with Crippen molar-refractivity contribution in [1.29, 1.82) is 0 Å². The summed E-state index contributed by atoms with van der Waals surface area (Å²) in [6, 6.07) is 15.0. The Morgan fingerprint density at radius 1 is 1.00 bits per heavy atom. The molecule has 2 atom stereocenters. The lowest BCUT2D eigenvalue weighted by Crippen LogP contribution is -2.59. The average molecular weight is 427 g/mol. The van der Waals surface area contributed by atoms with Crippen molar-refractivity contribution in [3.63, 3.8) is 0 Å². The summed E-state index contributed by atoms with van der Waals surface area (Å²) in [5, 5.41) is 18.3. The molecule has 0 amide bonds. The maximum absolute atomic E-state index is 9.55. The largest absolute Gasteiger partial charge is 0.478 e. The molecule has 2 bridgehead atoms. The first kappa shape index (κ1) is 22.8. The summed E-state index contributed by atoms with van der Waals surface area (Å²) >= 11 is 0. The summed E-state index contributed by atoms with van der Waals surface area (Å²) in [5.74, 6) is -2.51. The third-order valence-corrected chi connectivity index (χ3v) is 6.02. The van der Waals surface area contributed by atoms with Gasteiger partial charge in [0, 0.05) is 50.1 Å². The number of carboxylic acids is 2. The molecule has 7 heteroatoms. The predicted octanol–water partition coefficient (Wildman–Crippen LogP) is 3.37. The third kappa shape index (κ3) is 6.06. The van der Waals surface area contributed by atoms with Crippen LogP contribution in [0, 0.1) is 0 Å². The van der Waals surface area contributed by atoms with Crippen LogP contribution in [0.25, 0.3) is 10.8 Å². The molecule has 2 heterocycles. The second-order valence-corrected chi connectivity index (χ2v) is 8.12. The number of aliphatic carboxylic acids is 2. The molecule has 2 aromatic rings. The van der Waals surface area contributed by atoms with Crippen LogP contribution in [0.15, 0.2) is 48.6 Å². The zero-order chi connectivity index (χ0) is 22.4. The van der Waals surface area contributed by atoms with Gasteiger partial charge in [-0.05, 0) is 54.4 Å². The highest BCUT2D eigenvalue weighted by Crippen LogP contribution is 2.31. The topological polar surface area (TPSA) is 90.3 Å². The molecule has 31 heavy (non-hydrogen) atoms. The molecular formula is C24H30N2O5. The lowest BCUT2D eigenvalue weighted by Gasteiger charge is -2.49. The van der Waals surface area contributed by atoms with E-state index in [2.05, 4.69) is 53.2 Å². The lowest BCUT2D eigenvalue weighted by molar-refractivity contribution is -0.134. The molecule has 0 radical (unpaired) electrons. The fourth-order valence-electron chi connectivity index (χ4n) is 4.41. The van der Waals surface area contributed by atoms with Crippen molar-refractivity contribution in [3.05, 3.63) is 54.1 Å². The number of hydrogen-bond donors (Lipinski definition) is 2. The van der Waals surface area contributed by atoms with Crippen molar-refractivity contribution < 1.29 is 24.5 Å². The number of methoxy groups -OCH3 is 1. The Labute approximate surface area is 182 Å². The number of ether oxygens (including phenoxy) is 1. The van der Waals surface area contributed by atoms with E-state index in [9.17, 15) is 9.59 Å². The molecule has 2 aliphatic heterocycles. The van der Waals surface area contributed by atoms with Crippen LogP contribution >= 0.6 is 0 Å². The zero-order valence-electron chi connectivity index (χ0n) is 18.0. The highest BCUT2D eigenvalue weighted by atomic mass is 16.5. The van der Waals surface area contributed by atoms with Gasteiger partial charge in [0.1, 0.15) is 0 Å². The Balaban J connectivity index is 0.000000293. The van der Waals surface area contributed by atoms with Crippen molar-refractivity contribution in [3.8, 4) is 0 Å². The second-order valence-electron chi connectivity index (χ2n) is 8.12. The number of carboxylic acid groups (broad SMARTS) is 2. The summed E-state index contributed by atoms with van der Waals surface area (Å²) in [5.41, 5.74) is 2.61. The number of anilines is 1. The van der Waals surface area contributed by atoms with Crippen LogP contribution in [0.5, 0.6) is 0 Å². The maximum atomic E-state index is 9.55. The minimum Gasteiger partial charge on any atom is -0.478 e. The lowest BCUT2D eigenvalue weighted by atomic mass is 9.91. The normalized spacial score (nSPS) is 21.0. The molecule has 2 unspecified atom stereocenters. The fraction of sp³-hybridized carbons (Fsp3) is 0.417. The number of carbonyl (C=O) groups is 2. The Morgan fingerprint density at radius 2 is 1.58 bits per heavy atom. The molecule has 166 valence electrons. The van der Waals surface area contributed by atoms with E-state index < -0.39 is 11.9 Å². The van der Waals surface area contributed by atoms with Crippen LogP contribution in [0.3, 0.4) is 0 Å². The number of benzene rings is 2. The highest BCUT2D eigenvalue weighted by Gasteiger charge is 2.34. The van der Waals surface area contributed by atoms with Crippen molar-refractivity contribution in [2.75, 3.05) is 32.1 Å². The second kappa shape index (κ2) is 10.4. The minimum atomic E-state index is -1.26. The number of hydrogen-bond acceptors (Lipinski definition) is 5. The smallest absolute Gasteiger partial charge is 0.328 e. The van der Waals surface area contributed by atoms with Gasteiger partial charge in [0.25, 0.3) is 0 Å². The van der Waals surface area contributed by atoms with Crippen molar-refractivity contribution in [2.45, 2.75) is 38.0 Å². The van der Waals surface area contributed by atoms with E-state index in [1.807, 2.05) is 0 Å². The predicted molar refractivity (Wildman–Crippen MR) is 120 cm³/mol. The quantitative estimate of drug-likeness (QED) is 0.709. The Morgan fingerprint density at radius 3 is 2.16 bits per heavy atom. The number of rotatable bonds is 5. The van der Waals surface area contributed by atoms with Crippen LogP contribution < -0.4 is 4.90 Å². The molecular weight excluding hydrogens is 396 g/mol. The van der Waals surface area contributed by atoms with Crippen LogP contribution in [0.4, 0.5) is 5.69 Å². The summed E-state index contributed by atoms with van der Waals surface area (Å²) < 4.78 is 5.24. The van der Waals surface area contributed by atoms with E-state index in [1.54, 1.807) is 7.11 Å². The molecule has 0 aromatic heterocycles. The molecule has 2 fully saturated rings. The van der Waals surface area contributed by atoms with Crippen LogP contribution in [-0.2, 0) is 20.9 Å². The SMILES string of the molecule is COCc1ccc2cc(N3CC4CCCC(C3)N4C)ccc2c1.O=C(O)/C=C/C(=O)O. The number of nitrogens with zero attached hydrogens (tertiary/aromatic N) is 2. The van der Waals surface area contributed by atoms with Gasteiger partial charge in [-0.1, -0.05) is 24.6 Å². The molecule has 0 spiro atoms. The standard InChI is InChI=1S/C20H26N2O.C4H4O4/c1-21-19-4-3-5-20(21)13-22(12-19)18-9-8-16-10-15(14-23-2)6-7-17(16)11-18;5-3(6)1-2-4(7)8/h6-11,19-20H,3-5,12-14H2,1-2H3;1-2H,(H,5,6)(H,7,8)/b;2-1+. The molecule has 2 N–H and O–H groups in total. The average Bonchev–Trinajstić information content (AvgIpc) is 2.72. The number of likely N-dealkylation sites (N-methyl/N-ethyl adjacent to an activating group) is 1. The Hall–Kier alpha value is -2.90. The van der Waals surface area contributed by atoms with Crippen molar-refractivity contribution in [2.24, 2.45) is 0 Å². The molecule has 2 aliphatic rings. The van der Waals surface area contributed by atoms with Gasteiger partial charge in [-0.3, -0.25) is 4.90 Å². The van der Waals surface area contributed by atoms with Crippen molar-refractivity contribution >= 4 is 28.4 Å². The summed E-state index contributed by atoms with van der Waals surface area (Å²) in [7, 11) is 4.06. The van der Waals surface area contributed by atoms with Gasteiger partial charge in [0.05, 0.1) is 6.61 Å². The van der Waals surface area contributed by atoms with Gasteiger partial charge < -0.3 is 19.8 Å². The Kier molecular flexibility index (Phi) is 7.65. The summed E-state index contributed by atoms with van der Waals surface area (Å²) in [4.78, 5) is 24.3. The Bertz CT molecular complexity index is 928. The molecule has 7 nitrogen and oxygen atoms in total. The number of piperazine rings is 1. The first-order valence-corrected chi connectivity index (χ1v) is 10.5. The van der Waals surface area contributed by atoms with Crippen molar-refractivity contribution in [1.82, 2.24) is 4.90 Å². The first-order chi connectivity index (χ1) is 14.9. The third-order valence-electron chi connectivity index (χ3n) is 6.02. The van der Waals surface area contributed by atoms with Gasteiger partial charge >= 0.3 is 11.9 Å². The molecule has 2 saturated heterocycles. The molecule has 4 rings (SSSR count). The number of fused-ring (bicyclic) bond motifs is 3. The number of piperidine rings is 1.